The molecule has 0 amide bonds. The molecule has 20 heavy (non-hydrogen) atoms. The lowest BCUT2D eigenvalue weighted by Gasteiger charge is -2.22. The molecule has 5 nitrogen and oxygen atoms in total. The normalized spacial score (nSPS) is 18.3. The summed E-state index contributed by atoms with van der Waals surface area (Å²) in [7, 11) is 0. The van der Waals surface area contributed by atoms with Gasteiger partial charge in [0.25, 0.3) is 0 Å². The largest absolute Gasteiger partial charge is 0.454 e. The molecule has 104 valence electrons. The minimum atomic E-state index is 0.308. The minimum absolute atomic E-state index is 0.308. The van der Waals surface area contributed by atoms with Crippen LogP contribution in [-0.2, 0) is 0 Å². The van der Waals surface area contributed by atoms with E-state index in [9.17, 15) is 0 Å². The molecule has 1 aromatic heterocycles. The Balaban J connectivity index is 1.82. The van der Waals surface area contributed by atoms with Gasteiger partial charge in [-0.05, 0) is 36.6 Å². The molecule has 0 radical (unpaired) electrons. The highest BCUT2D eigenvalue weighted by Gasteiger charge is 2.18. The van der Waals surface area contributed by atoms with E-state index in [-0.39, 0.29) is 0 Å². The van der Waals surface area contributed by atoms with Gasteiger partial charge < -0.3 is 19.7 Å². The van der Waals surface area contributed by atoms with Crippen LogP contribution >= 0.6 is 0 Å². The van der Waals surface area contributed by atoms with Crippen LogP contribution in [-0.4, -0.2) is 38.0 Å². The second-order valence-electron chi connectivity index (χ2n) is 5.15. The molecule has 2 aliphatic heterocycles. The Kier molecular flexibility index (Phi) is 2.85. The second-order valence-corrected chi connectivity index (χ2v) is 5.15. The van der Waals surface area contributed by atoms with Crippen molar-refractivity contribution in [3.05, 3.63) is 24.4 Å². The van der Waals surface area contributed by atoms with Crippen LogP contribution in [0.15, 0.2) is 24.4 Å². The van der Waals surface area contributed by atoms with Gasteiger partial charge in [-0.25, -0.2) is 4.98 Å². The molecule has 0 unspecified atom stereocenters. The lowest BCUT2D eigenvalue weighted by molar-refractivity contribution is 0.174. The first-order valence-electron chi connectivity index (χ1n) is 7.06. The van der Waals surface area contributed by atoms with Crippen LogP contribution in [0.5, 0.6) is 11.5 Å². The van der Waals surface area contributed by atoms with Crippen molar-refractivity contribution in [1.29, 1.82) is 0 Å². The molecule has 0 aliphatic carbocycles. The molecule has 1 aromatic carbocycles. The van der Waals surface area contributed by atoms with Gasteiger partial charge in [0, 0.05) is 31.2 Å². The predicted molar refractivity (Wildman–Crippen MR) is 77.6 cm³/mol. The summed E-state index contributed by atoms with van der Waals surface area (Å²) in [5.74, 6) is 2.69. The van der Waals surface area contributed by atoms with Crippen LogP contribution in [0.25, 0.3) is 10.8 Å². The number of pyridine rings is 1. The van der Waals surface area contributed by atoms with E-state index in [0.29, 0.717) is 6.79 Å². The average molecular weight is 271 g/mol. The number of anilines is 1. The Morgan fingerprint density at radius 3 is 2.95 bits per heavy atom. The first-order chi connectivity index (χ1) is 9.92. The predicted octanol–water partition coefficient (Wildman–Crippen LogP) is 1.76. The van der Waals surface area contributed by atoms with Crippen LogP contribution in [0.1, 0.15) is 6.42 Å². The Bertz CT molecular complexity index is 636. The fourth-order valence-corrected chi connectivity index (χ4v) is 2.86. The third-order valence-electron chi connectivity index (χ3n) is 3.88. The van der Waals surface area contributed by atoms with Gasteiger partial charge in [-0.3, -0.25) is 0 Å². The lowest BCUT2D eigenvalue weighted by atomic mass is 10.1. The third-order valence-corrected chi connectivity index (χ3v) is 3.88. The number of rotatable bonds is 1. The van der Waals surface area contributed by atoms with E-state index in [2.05, 4.69) is 21.3 Å². The first-order valence-corrected chi connectivity index (χ1v) is 7.06. The molecule has 0 spiro atoms. The number of nitrogens with one attached hydrogen (secondary N) is 1. The zero-order chi connectivity index (χ0) is 13.4. The van der Waals surface area contributed by atoms with Gasteiger partial charge in [-0.15, -0.1) is 0 Å². The highest BCUT2D eigenvalue weighted by Crippen LogP contribution is 2.38. The molecule has 2 aromatic rings. The number of hydrogen-bond donors (Lipinski definition) is 1. The molecular weight excluding hydrogens is 254 g/mol. The standard InChI is InChI=1S/C15H17N3O2/c1-3-16-5-7-18(6-1)15-12-9-14-13(19-10-20-14)8-11(12)2-4-17-15/h2,4,8-9,16H,1,3,5-7,10H2. The fourth-order valence-electron chi connectivity index (χ4n) is 2.86. The number of hydrogen-bond acceptors (Lipinski definition) is 5. The monoisotopic (exact) mass is 271 g/mol. The summed E-state index contributed by atoms with van der Waals surface area (Å²) in [6, 6.07) is 6.12. The van der Waals surface area contributed by atoms with Gasteiger partial charge in [0.1, 0.15) is 5.82 Å². The summed E-state index contributed by atoms with van der Waals surface area (Å²) in [5, 5.41) is 5.71. The summed E-state index contributed by atoms with van der Waals surface area (Å²) in [5.41, 5.74) is 0. The maximum absolute atomic E-state index is 5.49. The average Bonchev–Trinajstić information content (AvgIpc) is 2.76. The topological polar surface area (TPSA) is 46.6 Å². The second kappa shape index (κ2) is 4.83. The Hall–Kier alpha value is -2.01. The number of benzene rings is 1. The number of aromatic nitrogens is 1. The smallest absolute Gasteiger partial charge is 0.231 e. The van der Waals surface area contributed by atoms with Gasteiger partial charge in [-0.2, -0.15) is 0 Å². The maximum Gasteiger partial charge on any atom is 0.231 e. The summed E-state index contributed by atoms with van der Waals surface area (Å²) in [6.07, 6.45) is 3.01. The van der Waals surface area contributed by atoms with Crippen LogP contribution < -0.4 is 19.7 Å². The van der Waals surface area contributed by atoms with Crippen LogP contribution in [0.3, 0.4) is 0 Å². The molecule has 2 aliphatic rings. The van der Waals surface area contributed by atoms with E-state index in [1.54, 1.807) is 0 Å². The van der Waals surface area contributed by atoms with Crippen LogP contribution in [0, 0.1) is 0 Å². The van der Waals surface area contributed by atoms with Crippen molar-refractivity contribution in [2.75, 3.05) is 37.9 Å². The quantitative estimate of drug-likeness (QED) is 0.856. The number of nitrogens with zero attached hydrogens (tertiary/aromatic N) is 2. The van der Waals surface area contributed by atoms with Gasteiger partial charge in [-0.1, -0.05) is 0 Å². The van der Waals surface area contributed by atoms with Gasteiger partial charge >= 0.3 is 0 Å². The first kappa shape index (κ1) is 11.8. The molecule has 1 N–H and O–H groups in total. The summed E-state index contributed by atoms with van der Waals surface area (Å²) >= 11 is 0. The Morgan fingerprint density at radius 2 is 2.00 bits per heavy atom. The van der Waals surface area contributed by atoms with Crippen LogP contribution in [0.2, 0.25) is 0 Å². The molecule has 1 fully saturated rings. The zero-order valence-corrected chi connectivity index (χ0v) is 11.3. The summed E-state index contributed by atoms with van der Waals surface area (Å²) in [6.45, 7) is 4.41. The molecule has 5 heteroatoms. The number of ether oxygens (including phenoxy) is 2. The van der Waals surface area contributed by atoms with Crippen molar-refractivity contribution in [3.63, 3.8) is 0 Å². The van der Waals surface area contributed by atoms with Crippen molar-refractivity contribution >= 4 is 16.6 Å². The summed E-state index contributed by atoms with van der Waals surface area (Å²) < 4.78 is 10.9. The zero-order valence-electron chi connectivity index (χ0n) is 11.3. The Labute approximate surface area is 117 Å². The van der Waals surface area contributed by atoms with Crippen molar-refractivity contribution in [2.24, 2.45) is 0 Å². The van der Waals surface area contributed by atoms with E-state index in [4.69, 9.17) is 9.47 Å². The van der Waals surface area contributed by atoms with E-state index in [0.717, 1.165) is 60.7 Å². The SMILES string of the molecule is c1cc2cc3c(cc2c(N2CCCNCC2)n1)OCO3. The van der Waals surface area contributed by atoms with Gasteiger partial charge in [0.05, 0.1) is 0 Å². The lowest BCUT2D eigenvalue weighted by Crippen LogP contribution is -2.28. The van der Waals surface area contributed by atoms with Crippen molar-refractivity contribution in [3.8, 4) is 11.5 Å². The molecule has 0 bridgehead atoms. The fraction of sp³-hybridized carbons (Fsp3) is 0.400. The van der Waals surface area contributed by atoms with E-state index in [1.807, 2.05) is 18.3 Å². The molecule has 1 saturated heterocycles. The highest BCUT2D eigenvalue weighted by atomic mass is 16.7. The van der Waals surface area contributed by atoms with E-state index >= 15 is 0 Å². The van der Waals surface area contributed by atoms with Crippen molar-refractivity contribution < 1.29 is 9.47 Å². The van der Waals surface area contributed by atoms with E-state index < -0.39 is 0 Å². The van der Waals surface area contributed by atoms with Crippen LogP contribution in [0.4, 0.5) is 5.82 Å². The minimum Gasteiger partial charge on any atom is -0.454 e. The summed E-state index contributed by atoms with van der Waals surface area (Å²) in [4.78, 5) is 6.95. The van der Waals surface area contributed by atoms with Crippen molar-refractivity contribution in [2.45, 2.75) is 6.42 Å². The molecular formula is C15H17N3O2. The molecule has 4 rings (SSSR count). The molecule has 0 saturated carbocycles. The highest BCUT2D eigenvalue weighted by molar-refractivity contribution is 5.94. The molecule has 3 heterocycles. The van der Waals surface area contributed by atoms with E-state index in [1.165, 1.54) is 0 Å². The van der Waals surface area contributed by atoms with Crippen molar-refractivity contribution in [1.82, 2.24) is 10.3 Å². The molecule has 0 atom stereocenters. The third kappa shape index (κ3) is 1.94. The maximum atomic E-state index is 5.49. The Morgan fingerprint density at radius 1 is 1.10 bits per heavy atom. The van der Waals surface area contributed by atoms with Gasteiger partial charge in [0.2, 0.25) is 6.79 Å². The van der Waals surface area contributed by atoms with Gasteiger partial charge in [0.15, 0.2) is 11.5 Å². The number of fused-ring (bicyclic) bond motifs is 2.